The Morgan fingerprint density at radius 1 is 1.18 bits per heavy atom. The van der Waals surface area contributed by atoms with E-state index >= 15 is 0 Å². The molecule has 28 heavy (non-hydrogen) atoms. The van der Waals surface area contributed by atoms with Crippen LogP contribution in [0.15, 0.2) is 30.3 Å². The zero-order valence-electron chi connectivity index (χ0n) is 18.0. The molecule has 0 spiro atoms. The van der Waals surface area contributed by atoms with Crippen LogP contribution in [0, 0.1) is 16.7 Å². The number of para-hydroxylation sites is 1. The van der Waals surface area contributed by atoms with Crippen LogP contribution in [0.25, 0.3) is 0 Å². The molecule has 0 aliphatic heterocycles. The van der Waals surface area contributed by atoms with Crippen LogP contribution in [-0.4, -0.2) is 49.6 Å². The molecular formula is C23H35N2O3+. The van der Waals surface area contributed by atoms with Gasteiger partial charge in [0.15, 0.2) is 6.54 Å². The molecule has 5 nitrogen and oxygen atoms in total. The van der Waals surface area contributed by atoms with E-state index in [2.05, 4.69) is 26.1 Å². The van der Waals surface area contributed by atoms with E-state index in [1.807, 2.05) is 32.3 Å². The molecule has 3 atom stereocenters. The summed E-state index contributed by atoms with van der Waals surface area (Å²) in [6, 6.07) is 9.36. The Morgan fingerprint density at radius 3 is 2.43 bits per heavy atom. The number of nitrogens with one attached hydrogen (secondary N) is 1. The standard InChI is InChI=1S/C23H34N2O3/c1-22(2)17-11-13-23(22,3)19(15-17)24-20(26)12-14-25(4,5)16-21(27)28-18-9-7-6-8-10-18/h6-10,17,19H,11-16H2,1-5H3/p+1/t17-,19-,23-/m1/s1. The van der Waals surface area contributed by atoms with Crippen LogP contribution in [-0.2, 0) is 9.59 Å². The van der Waals surface area contributed by atoms with Gasteiger partial charge in [-0.25, -0.2) is 4.79 Å². The molecule has 0 aromatic heterocycles. The van der Waals surface area contributed by atoms with Gasteiger partial charge in [0.05, 0.1) is 27.1 Å². The zero-order valence-corrected chi connectivity index (χ0v) is 18.0. The van der Waals surface area contributed by atoms with E-state index < -0.39 is 0 Å². The summed E-state index contributed by atoms with van der Waals surface area (Å²) in [7, 11) is 3.92. The Balaban J connectivity index is 1.47. The average molecular weight is 388 g/mol. The van der Waals surface area contributed by atoms with E-state index in [0.29, 0.717) is 34.5 Å². The van der Waals surface area contributed by atoms with Gasteiger partial charge in [-0.15, -0.1) is 0 Å². The molecule has 0 heterocycles. The molecule has 0 radical (unpaired) electrons. The van der Waals surface area contributed by atoms with Crippen molar-refractivity contribution in [3.8, 4) is 5.75 Å². The lowest BCUT2D eigenvalue weighted by molar-refractivity contribution is -0.882. The van der Waals surface area contributed by atoms with Gasteiger partial charge in [-0.3, -0.25) is 4.79 Å². The van der Waals surface area contributed by atoms with Crippen LogP contribution in [0.4, 0.5) is 0 Å². The van der Waals surface area contributed by atoms with Crippen LogP contribution < -0.4 is 10.1 Å². The number of hydrogen-bond acceptors (Lipinski definition) is 3. The van der Waals surface area contributed by atoms with Crippen LogP contribution >= 0.6 is 0 Å². The molecule has 0 unspecified atom stereocenters. The molecule has 2 bridgehead atoms. The third-order valence-electron chi connectivity index (χ3n) is 7.61. The van der Waals surface area contributed by atoms with Crippen molar-refractivity contribution >= 4 is 11.9 Å². The van der Waals surface area contributed by atoms with Gasteiger partial charge in [0.2, 0.25) is 5.91 Å². The lowest BCUT2D eigenvalue weighted by atomic mass is 9.69. The van der Waals surface area contributed by atoms with Crippen molar-refractivity contribution in [1.82, 2.24) is 5.32 Å². The predicted octanol–water partition coefficient (Wildman–Crippen LogP) is 3.39. The highest BCUT2D eigenvalue weighted by atomic mass is 16.5. The van der Waals surface area contributed by atoms with Gasteiger partial charge in [-0.2, -0.15) is 0 Å². The smallest absolute Gasteiger partial charge is 0.367 e. The maximum Gasteiger partial charge on any atom is 0.367 e. The van der Waals surface area contributed by atoms with Crippen molar-refractivity contribution < 1.29 is 18.8 Å². The largest absolute Gasteiger partial charge is 0.422 e. The number of rotatable bonds is 7. The fraction of sp³-hybridized carbons (Fsp3) is 0.652. The quantitative estimate of drug-likeness (QED) is 0.443. The van der Waals surface area contributed by atoms with Gasteiger partial charge in [-0.05, 0) is 48.1 Å². The highest BCUT2D eigenvalue weighted by molar-refractivity contribution is 5.76. The van der Waals surface area contributed by atoms with E-state index in [4.69, 9.17) is 4.74 Å². The van der Waals surface area contributed by atoms with E-state index in [0.717, 1.165) is 6.42 Å². The molecule has 5 heteroatoms. The van der Waals surface area contributed by atoms with Crippen molar-refractivity contribution in [2.45, 2.75) is 52.5 Å². The first-order chi connectivity index (χ1) is 13.0. The fourth-order valence-electron chi connectivity index (χ4n) is 5.17. The average Bonchev–Trinajstić information content (AvgIpc) is 2.94. The number of esters is 1. The van der Waals surface area contributed by atoms with Gasteiger partial charge in [0.1, 0.15) is 5.75 Å². The first-order valence-corrected chi connectivity index (χ1v) is 10.4. The normalized spacial score (nSPS) is 28.2. The van der Waals surface area contributed by atoms with Gasteiger partial charge in [0.25, 0.3) is 0 Å². The molecule has 2 saturated carbocycles. The summed E-state index contributed by atoms with van der Waals surface area (Å²) in [6.07, 6.45) is 3.99. The van der Waals surface area contributed by atoms with Crippen molar-refractivity contribution in [3.05, 3.63) is 30.3 Å². The third-order valence-corrected chi connectivity index (χ3v) is 7.61. The second-order valence-electron chi connectivity index (χ2n) is 10.1. The van der Waals surface area contributed by atoms with Crippen LogP contribution in [0.2, 0.25) is 0 Å². The van der Waals surface area contributed by atoms with E-state index in [9.17, 15) is 9.59 Å². The second-order valence-corrected chi connectivity index (χ2v) is 10.1. The van der Waals surface area contributed by atoms with Crippen molar-refractivity contribution in [2.24, 2.45) is 16.7 Å². The summed E-state index contributed by atoms with van der Waals surface area (Å²) >= 11 is 0. The summed E-state index contributed by atoms with van der Waals surface area (Å²) in [4.78, 5) is 24.8. The molecule has 2 fully saturated rings. The van der Waals surface area contributed by atoms with E-state index in [-0.39, 0.29) is 29.9 Å². The molecule has 2 aliphatic carbocycles. The molecule has 1 aromatic carbocycles. The molecule has 0 saturated heterocycles. The van der Waals surface area contributed by atoms with Crippen LogP contribution in [0.5, 0.6) is 5.75 Å². The maximum atomic E-state index is 12.6. The molecule has 1 amide bonds. The van der Waals surface area contributed by atoms with Crippen molar-refractivity contribution in [3.63, 3.8) is 0 Å². The monoisotopic (exact) mass is 387 g/mol. The number of benzene rings is 1. The summed E-state index contributed by atoms with van der Waals surface area (Å²) in [5.41, 5.74) is 0.485. The lowest BCUT2D eigenvalue weighted by Gasteiger charge is -2.39. The predicted molar refractivity (Wildman–Crippen MR) is 110 cm³/mol. The number of carbonyl (C=O) groups is 2. The summed E-state index contributed by atoms with van der Waals surface area (Å²) in [5.74, 6) is 1.08. The van der Waals surface area contributed by atoms with Gasteiger partial charge in [-0.1, -0.05) is 39.0 Å². The van der Waals surface area contributed by atoms with Crippen LogP contribution in [0.1, 0.15) is 46.5 Å². The van der Waals surface area contributed by atoms with Gasteiger partial charge < -0.3 is 14.5 Å². The molecule has 2 aliphatic rings. The minimum absolute atomic E-state index is 0.0946. The number of likely N-dealkylation sites (N-methyl/N-ethyl adjacent to an activating group) is 1. The van der Waals surface area contributed by atoms with E-state index in [1.165, 1.54) is 12.8 Å². The Labute approximate surface area is 169 Å². The first kappa shape index (κ1) is 20.8. The zero-order chi connectivity index (χ0) is 20.6. The highest BCUT2D eigenvalue weighted by Gasteiger charge is 2.61. The van der Waals surface area contributed by atoms with Gasteiger partial charge >= 0.3 is 5.97 Å². The second kappa shape index (κ2) is 7.51. The number of carbonyl (C=O) groups excluding carboxylic acids is 2. The number of amides is 1. The third kappa shape index (κ3) is 4.09. The molecule has 3 rings (SSSR count). The van der Waals surface area contributed by atoms with Crippen LogP contribution in [0.3, 0.4) is 0 Å². The Bertz CT molecular complexity index is 729. The Morgan fingerprint density at radius 2 is 1.86 bits per heavy atom. The number of nitrogens with zero attached hydrogens (tertiary/aromatic N) is 1. The number of quaternary nitrogens is 1. The summed E-state index contributed by atoms with van der Waals surface area (Å²) < 4.78 is 5.80. The Kier molecular flexibility index (Phi) is 5.59. The highest BCUT2D eigenvalue weighted by Crippen LogP contribution is 2.65. The summed E-state index contributed by atoms with van der Waals surface area (Å²) in [6.45, 7) is 7.89. The van der Waals surface area contributed by atoms with Crippen molar-refractivity contribution in [2.75, 3.05) is 27.2 Å². The summed E-state index contributed by atoms with van der Waals surface area (Å²) in [5, 5.41) is 3.31. The molecule has 1 N–H and O–H groups in total. The molecular weight excluding hydrogens is 352 g/mol. The SMILES string of the molecule is CC1(C)[C@@H]2CC[C@]1(C)[C@H](NC(=O)CC[N+](C)(C)CC(=O)Oc1ccccc1)C2. The molecule has 154 valence electrons. The number of ether oxygens (including phenoxy) is 1. The van der Waals surface area contributed by atoms with Crippen molar-refractivity contribution in [1.29, 1.82) is 0 Å². The topological polar surface area (TPSA) is 55.4 Å². The number of fused-ring (bicyclic) bond motifs is 2. The minimum atomic E-state index is -0.279. The van der Waals surface area contributed by atoms with E-state index in [1.54, 1.807) is 12.1 Å². The lowest BCUT2D eigenvalue weighted by Crippen LogP contribution is -2.50. The van der Waals surface area contributed by atoms with Gasteiger partial charge in [0, 0.05) is 6.04 Å². The fourth-order valence-corrected chi connectivity index (χ4v) is 5.17. The molecule has 1 aromatic rings. The minimum Gasteiger partial charge on any atom is -0.422 e. The maximum absolute atomic E-state index is 12.6. The first-order valence-electron chi connectivity index (χ1n) is 10.4. The number of hydrogen-bond donors (Lipinski definition) is 1. The Hall–Kier alpha value is -1.88.